The van der Waals surface area contributed by atoms with Crippen molar-refractivity contribution in [3.8, 4) is 11.8 Å². The molecule has 0 radical (unpaired) electrons. The Morgan fingerprint density at radius 2 is 2.07 bits per heavy atom. The highest BCUT2D eigenvalue weighted by molar-refractivity contribution is 5.84. The third-order valence-electron chi connectivity index (χ3n) is 1.65. The van der Waals surface area contributed by atoms with Crippen LogP contribution in [0.1, 0.15) is 27.7 Å². The van der Waals surface area contributed by atoms with E-state index in [4.69, 9.17) is 0 Å². The predicted molar refractivity (Wildman–Crippen MR) is 63.3 cm³/mol. The van der Waals surface area contributed by atoms with Gasteiger partial charge >= 0.3 is 0 Å². The van der Waals surface area contributed by atoms with E-state index in [0.29, 0.717) is 11.7 Å². The third-order valence-corrected chi connectivity index (χ3v) is 1.65. The Bertz CT molecular complexity index is 284. The quantitative estimate of drug-likeness (QED) is 0.664. The van der Waals surface area contributed by atoms with Crippen molar-refractivity contribution >= 4 is 5.78 Å². The zero-order valence-corrected chi connectivity index (χ0v) is 9.98. The molecule has 0 rings (SSSR count). The van der Waals surface area contributed by atoms with Gasteiger partial charge in [0.15, 0.2) is 5.78 Å². The minimum absolute atomic E-state index is 0.0293. The van der Waals surface area contributed by atoms with E-state index >= 15 is 0 Å². The van der Waals surface area contributed by atoms with Gasteiger partial charge in [0.25, 0.3) is 0 Å². The average Bonchev–Trinajstić information content (AvgIpc) is 2.10. The molecule has 0 bridgehead atoms. The van der Waals surface area contributed by atoms with Crippen molar-refractivity contribution in [1.29, 1.82) is 0 Å². The minimum Gasteiger partial charge on any atom is -0.377 e. The van der Waals surface area contributed by atoms with E-state index in [1.165, 1.54) is 6.92 Å². The fraction of sp³-hybridized carbons (Fsp3) is 0.583. The molecule has 1 atom stereocenters. The molecule has 1 unspecified atom stereocenters. The first kappa shape index (κ1) is 13.7. The predicted octanol–water partition coefficient (Wildman–Crippen LogP) is 1.07. The SMILES string of the molecule is C=C(C#CC(NCC)C(C)=O)NC(C)C. The average molecular weight is 208 g/mol. The molecule has 0 aliphatic carbocycles. The molecule has 0 spiro atoms. The topological polar surface area (TPSA) is 41.1 Å². The van der Waals surface area contributed by atoms with Crippen LogP contribution in [0.3, 0.4) is 0 Å². The number of ketones is 1. The van der Waals surface area contributed by atoms with Crippen molar-refractivity contribution in [3.05, 3.63) is 12.3 Å². The van der Waals surface area contributed by atoms with Crippen LogP contribution in [0.2, 0.25) is 0 Å². The summed E-state index contributed by atoms with van der Waals surface area (Å²) in [5, 5.41) is 6.07. The highest BCUT2D eigenvalue weighted by Gasteiger charge is 2.07. The van der Waals surface area contributed by atoms with Crippen LogP contribution < -0.4 is 10.6 Å². The first-order chi connectivity index (χ1) is 6.97. The van der Waals surface area contributed by atoms with Gasteiger partial charge in [0.05, 0.1) is 5.70 Å². The van der Waals surface area contributed by atoms with E-state index in [1.54, 1.807) is 0 Å². The van der Waals surface area contributed by atoms with Crippen LogP contribution in [0.25, 0.3) is 0 Å². The number of hydrogen-bond acceptors (Lipinski definition) is 3. The molecule has 0 saturated carbocycles. The van der Waals surface area contributed by atoms with Crippen molar-refractivity contribution in [2.75, 3.05) is 6.54 Å². The largest absolute Gasteiger partial charge is 0.377 e. The van der Waals surface area contributed by atoms with Crippen LogP contribution in [-0.4, -0.2) is 24.4 Å². The second-order valence-corrected chi connectivity index (χ2v) is 3.65. The van der Waals surface area contributed by atoms with Crippen molar-refractivity contribution in [2.24, 2.45) is 0 Å². The Kier molecular flexibility index (Phi) is 6.48. The molecule has 0 fully saturated rings. The minimum atomic E-state index is -0.388. The highest BCUT2D eigenvalue weighted by atomic mass is 16.1. The normalized spacial score (nSPS) is 11.5. The van der Waals surface area contributed by atoms with Gasteiger partial charge < -0.3 is 5.32 Å². The Labute approximate surface area is 92.3 Å². The molecule has 0 amide bonds. The van der Waals surface area contributed by atoms with E-state index in [9.17, 15) is 4.79 Å². The van der Waals surface area contributed by atoms with Crippen LogP contribution in [0.5, 0.6) is 0 Å². The zero-order chi connectivity index (χ0) is 11.8. The monoisotopic (exact) mass is 208 g/mol. The molecule has 3 nitrogen and oxygen atoms in total. The van der Waals surface area contributed by atoms with E-state index in [1.807, 2.05) is 20.8 Å². The number of carbonyl (C=O) groups excluding carboxylic acids is 1. The van der Waals surface area contributed by atoms with Gasteiger partial charge in [-0.25, -0.2) is 0 Å². The lowest BCUT2D eigenvalue weighted by molar-refractivity contribution is -0.117. The third kappa shape index (κ3) is 6.75. The summed E-state index contributed by atoms with van der Waals surface area (Å²) in [6, 6.07) is -0.0811. The molecule has 0 aliphatic heterocycles. The Morgan fingerprint density at radius 1 is 1.47 bits per heavy atom. The fourth-order valence-electron chi connectivity index (χ4n) is 1.04. The summed E-state index contributed by atoms with van der Waals surface area (Å²) in [6.45, 7) is 12.0. The summed E-state index contributed by atoms with van der Waals surface area (Å²) < 4.78 is 0. The van der Waals surface area contributed by atoms with E-state index in [0.717, 1.165) is 6.54 Å². The number of allylic oxidation sites excluding steroid dienone is 1. The van der Waals surface area contributed by atoms with Gasteiger partial charge in [-0.2, -0.15) is 0 Å². The molecule has 84 valence electrons. The first-order valence-corrected chi connectivity index (χ1v) is 5.18. The summed E-state index contributed by atoms with van der Waals surface area (Å²) in [7, 11) is 0. The zero-order valence-electron chi connectivity index (χ0n) is 9.98. The van der Waals surface area contributed by atoms with Crippen LogP contribution >= 0.6 is 0 Å². The van der Waals surface area contributed by atoms with Gasteiger partial charge in [0, 0.05) is 6.04 Å². The Hall–Kier alpha value is -1.27. The molecule has 2 N–H and O–H groups in total. The molecule has 0 heterocycles. The van der Waals surface area contributed by atoms with Gasteiger partial charge in [0.2, 0.25) is 0 Å². The number of Topliss-reactive ketones (excluding diaryl/α,β-unsaturated/α-hetero) is 1. The Balaban J connectivity index is 4.32. The smallest absolute Gasteiger partial charge is 0.158 e. The second kappa shape index (κ2) is 7.08. The number of hydrogen-bond donors (Lipinski definition) is 2. The van der Waals surface area contributed by atoms with E-state index in [-0.39, 0.29) is 11.8 Å². The molecule has 0 aromatic rings. The molecular formula is C12H20N2O. The maximum absolute atomic E-state index is 11.2. The molecule has 15 heavy (non-hydrogen) atoms. The molecule has 0 aromatic heterocycles. The van der Waals surface area contributed by atoms with Crippen molar-refractivity contribution in [1.82, 2.24) is 10.6 Å². The van der Waals surface area contributed by atoms with Gasteiger partial charge in [-0.1, -0.05) is 19.4 Å². The fourth-order valence-corrected chi connectivity index (χ4v) is 1.04. The van der Waals surface area contributed by atoms with Crippen LogP contribution in [-0.2, 0) is 4.79 Å². The number of nitrogens with one attached hydrogen (secondary N) is 2. The summed E-state index contributed by atoms with van der Waals surface area (Å²) in [5.74, 6) is 5.72. The molecular weight excluding hydrogens is 188 g/mol. The van der Waals surface area contributed by atoms with Crippen molar-refractivity contribution in [2.45, 2.75) is 39.8 Å². The summed E-state index contributed by atoms with van der Waals surface area (Å²) in [6.07, 6.45) is 0. The van der Waals surface area contributed by atoms with Gasteiger partial charge in [-0.05, 0) is 33.2 Å². The molecule has 0 saturated heterocycles. The van der Waals surface area contributed by atoms with Crippen molar-refractivity contribution < 1.29 is 4.79 Å². The molecule has 0 aliphatic rings. The number of carbonyl (C=O) groups is 1. The summed E-state index contributed by atoms with van der Waals surface area (Å²) in [4.78, 5) is 11.2. The van der Waals surface area contributed by atoms with E-state index in [2.05, 4.69) is 29.1 Å². The number of rotatable bonds is 5. The summed E-state index contributed by atoms with van der Waals surface area (Å²) in [5.41, 5.74) is 0.647. The van der Waals surface area contributed by atoms with E-state index < -0.39 is 0 Å². The van der Waals surface area contributed by atoms with Gasteiger partial charge in [-0.15, -0.1) is 0 Å². The standard InChI is InChI=1S/C12H20N2O/c1-6-13-12(11(5)15)8-7-10(4)14-9(2)3/h9,12-14H,4,6H2,1-3,5H3. The lowest BCUT2D eigenvalue weighted by Crippen LogP contribution is -2.33. The molecule has 0 aromatic carbocycles. The maximum atomic E-state index is 11.2. The van der Waals surface area contributed by atoms with Crippen LogP contribution in [0.15, 0.2) is 12.3 Å². The second-order valence-electron chi connectivity index (χ2n) is 3.65. The highest BCUT2D eigenvalue weighted by Crippen LogP contribution is 1.88. The van der Waals surface area contributed by atoms with Crippen LogP contribution in [0, 0.1) is 11.8 Å². The van der Waals surface area contributed by atoms with Crippen molar-refractivity contribution in [3.63, 3.8) is 0 Å². The summed E-state index contributed by atoms with van der Waals surface area (Å²) >= 11 is 0. The van der Waals surface area contributed by atoms with Gasteiger partial charge in [-0.3, -0.25) is 10.1 Å². The lowest BCUT2D eigenvalue weighted by atomic mass is 10.2. The van der Waals surface area contributed by atoms with Crippen LogP contribution in [0.4, 0.5) is 0 Å². The Morgan fingerprint density at radius 3 is 2.47 bits per heavy atom. The lowest BCUT2D eigenvalue weighted by Gasteiger charge is -2.09. The maximum Gasteiger partial charge on any atom is 0.158 e. The number of likely N-dealkylation sites (N-methyl/N-ethyl adjacent to an activating group) is 1. The van der Waals surface area contributed by atoms with Gasteiger partial charge in [0.1, 0.15) is 6.04 Å². The first-order valence-electron chi connectivity index (χ1n) is 5.18. The molecule has 3 heteroatoms.